The van der Waals surface area contributed by atoms with Crippen molar-refractivity contribution in [2.75, 3.05) is 52.8 Å². The predicted molar refractivity (Wildman–Crippen MR) is 216 cm³/mol. The minimum atomic E-state index is -0.899. The summed E-state index contributed by atoms with van der Waals surface area (Å²) in [5.74, 6) is 1.48. The lowest BCUT2D eigenvalue weighted by Gasteiger charge is -2.38. The average Bonchev–Trinajstić information content (AvgIpc) is 3.47. The van der Waals surface area contributed by atoms with E-state index in [1.807, 2.05) is 76.4 Å². The summed E-state index contributed by atoms with van der Waals surface area (Å²) in [7, 11) is 7.94. The van der Waals surface area contributed by atoms with Crippen LogP contribution in [0.3, 0.4) is 0 Å². The molecule has 302 valence electrons. The molecule has 2 fully saturated rings. The molecule has 1 aliphatic heterocycles. The lowest BCUT2D eigenvalue weighted by Crippen LogP contribution is -2.53. The fourth-order valence-corrected chi connectivity index (χ4v) is 8.34. The number of carbonyl (C=O) groups is 2. The van der Waals surface area contributed by atoms with Gasteiger partial charge in [0.2, 0.25) is 5.91 Å². The number of hydrogen-bond acceptors (Lipinski definition) is 9. The van der Waals surface area contributed by atoms with Gasteiger partial charge in [0.05, 0.1) is 25.9 Å². The maximum absolute atomic E-state index is 14.3. The van der Waals surface area contributed by atoms with Crippen LogP contribution in [0.2, 0.25) is 0 Å². The number of hydroxylamine groups is 2. The van der Waals surface area contributed by atoms with Crippen LogP contribution in [0.1, 0.15) is 90.1 Å². The molecule has 0 radical (unpaired) electrons. The van der Waals surface area contributed by atoms with E-state index in [4.69, 9.17) is 9.57 Å². The van der Waals surface area contributed by atoms with E-state index in [9.17, 15) is 19.8 Å². The monoisotopic (exact) mass is 752 g/mol. The number of benzene rings is 2. The third-order valence-corrected chi connectivity index (χ3v) is 11.3. The highest BCUT2D eigenvalue weighted by molar-refractivity contribution is 5.97. The minimum absolute atomic E-state index is 0.00180. The summed E-state index contributed by atoms with van der Waals surface area (Å²) in [5.41, 5.74) is 3.84. The van der Waals surface area contributed by atoms with Gasteiger partial charge in [-0.25, -0.2) is 0 Å². The van der Waals surface area contributed by atoms with Gasteiger partial charge in [0.1, 0.15) is 17.9 Å². The number of nitrogens with one attached hydrogen (secondary N) is 2. The Kier molecular flexibility index (Phi) is 15.8. The number of likely N-dealkylation sites (N-methyl/N-ethyl adjacent to an activating group) is 1. The number of ether oxygens (including phenoxy) is 1. The van der Waals surface area contributed by atoms with E-state index in [2.05, 4.69) is 50.2 Å². The van der Waals surface area contributed by atoms with Crippen LogP contribution in [0.25, 0.3) is 11.1 Å². The van der Waals surface area contributed by atoms with E-state index in [1.54, 1.807) is 12.0 Å². The quantitative estimate of drug-likeness (QED) is 0.164. The second-order valence-electron chi connectivity index (χ2n) is 17.0. The first-order chi connectivity index (χ1) is 25.5. The number of amides is 2. The summed E-state index contributed by atoms with van der Waals surface area (Å²) in [4.78, 5) is 38.6. The number of nitrogens with zero attached hydrogens (tertiary/aromatic N) is 3. The van der Waals surface area contributed by atoms with E-state index >= 15 is 0 Å². The Morgan fingerprint density at radius 2 is 1.78 bits per heavy atom. The van der Waals surface area contributed by atoms with Crippen LogP contribution in [0, 0.1) is 29.6 Å². The van der Waals surface area contributed by atoms with Gasteiger partial charge in [-0.2, -0.15) is 5.06 Å². The second-order valence-corrected chi connectivity index (χ2v) is 17.0. The molecule has 0 unspecified atom stereocenters. The SMILES string of the molecule is CCOc1c(CN2O[C@@H](CO)[C@@H]([C@H](C)O)[C@H]2C(=O)N[C@H]2C[C@@H](C(C)C)CC[C@@H]2C)cccc1-c1cc(C(=O)N[C@H](CC(C)C)CN(C)C)cc(N(C)C)c1. The largest absolute Gasteiger partial charge is 0.493 e. The van der Waals surface area contributed by atoms with Gasteiger partial charge in [0.25, 0.3) is 5.91 Å². The molecule has 8 atom stereocenters. The first-order valence-corrected chi connectivity index (χ1v) is 20.1. The molecule has 4 N–H and O–H groups in total. The number of aliphatic hydroxyl groups is 2. The van der Waals surface area contributed by atoms with Gasteiger partial charge < -0.3 is 35.4 Å². The number of hydrogen-bond donors (Lipinski definition) is 4. The average molecular weight is 752 g/mol. The molecule has 0 bridgehead atoms. The van der Waals surface area contributed by atoms with Crippen LogP contribution in [0.4, 0.5) is 5.69 Å². The molecule has 2 amide bonds. The second kappa shape index (κ2) is 19.6. The zero-order valence-electron chi connectivity index (χ0n) is 34.8. The van der Waals surface area contributed by atoms with E-state index < -0.39 is 24.2 Å². The summed E-state index contributed by atoms with van der Waals surface area (Å²) < 4.78 is 6.38. The van der Waals surface area contributed by atoms with Crippen molar-refractivity contribution in [2.45, 2.75) is 111 Å². The van der Waals surface area contributed by atoms with Crippen molar-refractivity contribution < 1.29 is 29.4 Å². The Morgan fingerprint density at radius 3 is 2.37 bits per heavy atom. The van der Waals surface area contributed by atoms with E-state index in [0.717, 1.165) is 54.6 Å². The maximum Gasteiger partial charge on any atom is 0.251 e. The molecule has 1 saturated carbocycles. The molecule has 0 spiro atoms. The highest BCUT2D eigenvalue weighted by Crippen LogP contribution is 2.40. The molecule has 11 nitrogen and oxygen atoms in total. The van der Waals surface area contributed by atoms with Gasteiger partial charge in [0, 0.05) is 61.0 Å². The predicted octanol–water partition coefficient (Wildman–Crippen LogP) is 5.58. The van der Waals surface area contributed by atoms with Gasteiger partial charge in [-0.15, -0.1) is 0 Å². The van der Waals surface area contributed by atoms with Gasteiger partial charge in [0.15, 0.2) is 0 Å². The standard InChI is InChI=1S/C43H69N5O6/c1-12-53-41-31(23-48-40(39(29(7)50)38(25-49)54-48)43(52)45-37-22-30(27(4)5)17-16-28(37)6)14-13-15-36(41)32-19-33(21-35(20-32)47(10)11)42(51)44-34(18-26(2)3)24-46(8)9/h13-15,19-21,26-30,34,37-40,49-50H,12,16-18,22-25H2,1-11H3,(H,44,51)(H,45,52)/t28-,29-,30-,34+,37-,38-,39+,40-/m0/s1. The Bertz CT molecular complexity index is 1520. The Morgan fingerprint density at radius 1 is 1.06 bits per heavy atom. The summed E-state index contributed by atoms with van der Waals surface area (Å²) in [6.07, 6.45) is 2.33. The van der Waals surface area contributed by atoms with Crippen molar-refractivity contribution in [1.29, 1.82) is 0 Å². The van der Waals surface area contributed by atoms with E-state index in [1.165, 1.54) is 0 Å². The summed E-state index contributed by atoms with van der Waals surface area (Å²) in [5, 5.41) is 29.6. The molecular formula is C43H69N5O6. The maximum atomic E-state index is 14.3. The fraction of sp³-hybridized carbons (Fsp3) is 0.674. The first-order valence-electron chi connectivity index (χ1n) is 20.1. The third kappa shape index (κ3) is 11.0. The number of anilines is 1. The van der Waals surface area contributed by atoms with Crippen molar-refractivity contribution in [1.82, 2.24) is 20.6 Å². The molecule has 1 saturated heterocycles. The minimum Gasteiger partial charge on any atom is -0.493 e. The number of aliphatic hydroxyl groups excluding tert-OH is 2. The van der Waals surface area contributed by atoms with Crippen LogP contribution < -0.4 is 20.3 Å². The fourth-order valence-electron chi connectivity index (χ4n) is 8.34. The molecule has 1 heterocycles. The molecule has 2 aromatic rings. The summed E-state index contributed by atoms with van der Waals surface area (Å²) >= 11 is 0. The zero-order chi connectivity index (χ0) is 39.9. The number of rotatable bonds is 17. The van der Waals surface area contributed by atoms with Crippen molar-refractivity contribution >= 4 is 17.5 Å². The van der Waals surface area contributed by atoms with Crippen LogP contribution >= 0.6 is 0 Å². The lowest BCUT2D eigenvalue weighted by molar-refractivity contribution is -0.182. The van der Waals surface area contributed by atoms with Gasteiger partial charge in [-0.05, 0) is 101 Å². The molecule has 2 aliphatic rings. The van der Waals surface area contributed by atoms with Gasteiger partial charge in [-0.3, -0.25) is 14.4 Å². The lowest BCUT2D eigenvalue weighted by atomic mass is 9.74. The molecule has 2 aromatic carbocycles. The topological polar surface area (TPSA) is 127 Å². The molecule has 0 aromatic heterocycles. The van der Waals surface area contributed by atoms with E-state index in [0.29, 0.717) is 41.6 Å². The number of carbonyl (C=O) groups excluding carboxylic acids is 2. The van der Waals surface area contributed by atoms with Crippen LogP contribution in [0.15, 0.2) is 36.4 Å². The Labute approximate surface area is 324 Å². The van der Waals surface area contributed by atoms with Crippen molar-refractivity contribution in [3.8, 4) is 16.9 Å². The van der Waals surface area contributed by atoms with Crippen LogP contribution in [-0.2, 0) is 16.2 Å². The number of para-hydroxylation sites is 1. The first kappa shape index (κ1) is 43.5. The highest BCUT2D eigenvalue weighted by Gasteiger charge is 2.50. The van der Waals surface area contributed by atoms with Crippen molar-refractivity contribution in [3.63, 3.8) is 0 Å². The molecule has 4 rings (SSSR count). The molecule has 11 heteroatoms. The van der Waals surface area contributed by atoms with Gasteiger partial charge in [-0.1, -0.05) is 52.8 Å². The Balaban J connectivity index is 1.71. The molecule has 54 heavy (non-hydrogen) atoms. The summed E-state index contributed by atoms with van der Waals surface area (Å²) in [6, 6.07) is 10.9. The van der Waals surface area contributed by atoms with E-state index in [-0.39, 0.29) is 37.0 Å². The normalized spacial score (nSPS) is 24.5. The zero-order valence-corrected chi connectivity index (χ0v) is 34.8. The van der Waals surface area contributed by atoms with Crippen molar-refractivity contribution in [2.24, 2.45) is 29.6 Å². The summed E-state index contributed by atoms with van der Waals surface area (Å²) in [6.45, 7) is 15.6. The van der Waals surface area contributed by atoms with Crippen LogP contribution in [-0.4, -0.2) is 110 Å². The third-order valence-electron chi connectivity index (χ3n) is 11.3. The van der Waals surface area contributed by atoms with Gasteiger partial charge >= 0.3 is 0 Å². The van der Waals surface area contributed by atoms with Crippen LogP contribution in [0.5, 0.6) is 5.75 Å². The van der Waals surface area contributed by atoms with Crippen molar-refractivity contribution in [3.05, 3.63) is 47.5 Å². The Hall–Kier alpha value is -3.22. The molecular weight excluding hydrogens is 683 g/mol. The highest BCUT2D eigenvalue weighted by atomic mass is 16.7. The molecule has 1 aliphatic carbocycles. The smallest absolute Gasteiger partial charge is 0.251 e.